The Kier molecular flexibility index (Phi) is 3.69. The van der Waals surface area contributed by atoms with E-state index >= 15 is 0 Å². The molecule has 0 saturated heterocycles. The molecule has 0 aliphatic carbocycles. The minimum Gasteiger partial charge on any atom is -0.485 e. The molecule has 0 saturated carbocycles. The predicted molar refractivity (Wildman–Crippen MR) is 80.0 cm³/mol. The monoisotopic (exact) mass is 322 g/mol. The zero-order chi connectivity index (χ0) is 15.0. The van der Waals surface area contributed by atoms with E-state index in [0.717, 1.165) is 0 Å². The SMILES string of the molecule is CC(Oc1ccc2c(c1)OCC2=O)C(=O)c1ccc(Cl)s1. The van der Waals surface area contributed by atoms with E-state index in [1.165, 1.54) is 11.3 Å². The molecule has 0 bridgehead atoms. The van der Waals surface area contributed by atoms with Crippen LogP contribution in [0.2, 0.25) is 4.34 Å². The summed E-state index contributed by atoms with van der Waals surface area (Å²) in [6.07, 6.45) is -0.644. The first-order valence-corrected chi connectivity index (χ1v) is 7.50. The molecule has 1 unspecified atom stereocenters. The van der Waals surface area contributed by atoms with E-state index in [0.29, 0.717) is 26.3 Å². The smallest absolute Gasteiger partial charge is 0.212 e. The van der Waals surface area contributed by atoms with Gasteiger partial charge < -0.3 is 9.47 Å². The molecule has 3 rings (SSSR count). The highest BCUT2D eigenvalue weighted by molar-refractivity contribution is 7.18. The first-order chi connectivity index (χ1) is 10.0. The van der Waals surface area contributed by atoms with Crippen LogP contribution in [0.5, 0.6) is 11.5 Å². The van der Waals surface area contributed by atoms with Crippen molar-refractivity contribution in [1.29, 1.82) is 0 Å². The summed E-state index contributed by atoms with van der Waals surface area (Å²) in [6.45, 7) is 1.73. The summed E-state index contributed by atoms with van der Waals surface area (Å²) in [5.41, 5.74) is 0.548. The Morgan fingerprint density at radius 1 is 1.38 bits per heavy atom. The first kappa shape index (κ1) is 14.1. The molecular formula is C15H11ClO4S. The van der Waals surface area contributed by atoms with Crippen molar-refractivity contribution < 1.29 is 19.1 Å². The Bertz CT molecular complexity index is 722. The van der Waals surface area contributed by atoms with Crippen LogP contribution in [0.25, 0.3) is 0 Å². The minimum absolute atomic E-state index is 0.0473. The molecule has 0 radical (unpaired) electrons. The van der Waals surface area contributed by atoms with E-state index in [1.54, 1.807) is 37.3 Å². The molecule has 1 atom stereocenters. The molecule has 21 heavy (non-hydrogen) atoms. The van der Waals surface area contributed by atoms with Crippen LogP contribution in [0, 0.1) is 0 Å². The molecule has 2 heterocycles. The number of carbonyl (C=O) groups is 2. The molecule has 1 aliphatic heterocycles. The van der Waals surface area contributed by atoms with Crippen LogP contribution in [0.15, 0.2) is 30.3 Å². The van der Waals surface area contributed by atoms with Crippen LogP contribution in [0.3, 0.4) is 0 Å². The van der Waals surface area contributed by atoms with Crippen LogP contribution in [0.1, 0.15) is 27.0 Å². The number of halogens is 1. The molecule has 1 aromatic carbocycles. The fraction of sp³-hybridized carbons (Fsp3) is 0.200. The highest BCUT2D eigenvalue weighted by Gasteiger charge is 2.23. The van der Waals surface area contributed by atoms with Crippen molar-refractivity contribution in [2.45, 2.75) is 13.0 Å². The topological polar surface area (TPSA) is 52.6 Å². The third-order valence-corrected chi connectivity index (χ3v) is 4.36. The summed E-state index contributed by atoms with van der Waals surface area (Å²) < 4.78 is 11.4. The van der Waals surface area contributed by atoms with Crippen LogP contribution in [-0.4, -0.2) is 24.3 Å². The van der Waals surface area contributed by atoms with Crippen molar-refractivity contribution in [2.75, 3.05) is 6.61 Å². The average molecular weight is 323 g/mol. The number of hydrogen-bond donors (Lipinski definition) is 0. The molecule has 4 nitrogen and oxygen atoms in total. The lowest BCUT2D eigenvalue weighted by Gasteiger charge is -2.13. The van der Waals surface area contributed by atoms with Gasteiger partial charge in [-0.1, -0.05) is 11.6 Å². The number of ketones is 2. The first-order valence-electron chi connectivity index (χ1n) is 6.31. The van der Waals surface area contributed by atoms with Crippen molar-refractivity contribution in [2.24, 2.45) is 0 Å². The van der Waals surface area contributed by atoms with Gasteiger partial charge in [-0.05, 0) is 31.2 Å². The molecule has 0 fully saturated rings. The number of Topliss-reactive ketones (excluding diaryl/α,β-unsaturated/α-hetero) is 2. The lowest BCUT2D eigenvalue weighted by atomic mass is 10.1. The molecular weight excluding hydrogens is 312 g/mol. The van der Waals surface area contributed by atoms with Crippen LogP contribution < -0.4 is 9.47 Å². The maximum Gasteiger partial charge on any atom is 0.212 e. The number of thiophene rings is 1. The fourth-order valence-electron chi connectivity index (χ4n) is 2.05. The van der Waals surface area contributed by atoms with Crippen LogP contribution in [-0.2, 0) is 0 Å². The van der Waals surface area contributed by atoms with Gasteiger partial charge in [0.05, 0.1) is 14.8 Å². The fourth-order valence-corrected chi connectivity index (χ4v) is 3.11. The van der Waals surface area contributed by atoms with Gasteiger partial charge in [0.1, 0.15) is 11.5 Å². The summed E-state index contributed by atoms with van der Waals surface area (Å²) in [7, 11) is 0. The van der Waals surface area contributed by atoms with Gasteiger partial charge in [0.25, 0.3) is 0 Å². The summed E-state index contributed by atoms with van der Waals surface area (Å²) in [5, 5.41) is 0. The van der Waals surface area contributed by atoms with Gasteiger partial charge in [0.2, 0.25) is 11.6 Å². The molecule has 0 spiro atoms. The lowest BCUT2D eigenvalue weighted by Crippen LogP contribution is -2.23. The normalized spacial score (nSPS) is 14.5. The zero-order valence-corrected chi connectivity index (χ0v) is 12.7. The number of ether oxygens (including phenoxy) is 2. The van der Waals surface area contributed by atoms with E-state index in [9.17, 15) is 9.59 Å². The van der Waals surface area contributed by atoms with Crippen molar-refractivity contribution in [1.82, 2.24) is 0 Å². The molecule has 1 aliphatic rings. The Labute approximate surface area is 130 Å². The standard InChI is InChI=1S/C15H11ClO4S/c1-8(15(18)13-4-5-14(16)21-13)20-9-2-3-10-11(17)7-19-12(10)6-9/h2-6,8H,7H2,1H3. The quantitative estimate of drug-likeness (QED) is 0.807. The third kappa shape index (κ3) is 2.80. The maximum atomic E-state index is 12.2. The number of carbonyl (C=O) groups excluding carboxylic acids is 2. The summed E-state index contributed by atoms with van der Waals surface area (Å²) >= 11 is 7.05. The Morgan fingerprint density at radius 2 is 2.19 bits per heavy atom. The van der Waals surface area contributed by atoms with E-state index < -0.39 is 6.10 Å². The van der Waals surface area contributed by atoms with Gasteiger partial charge in [-0.3, -0.25) is 9.59 Å². The second-order valence-corrected chi connectivity index (χ2v) is 6.31. The van der Waals surface area contributed by atoms with E-state index in [1.807, 2.05) is 0 Å². The van der Waals surface area contributed by atoms with Crippen molar-refractivity contribution >= 4 is 34.5 Å². The van der Waals surface area contributed by atoms with Crippen molar-refractivity contribution in [3.05, 3.63) is 45.1 Å². The second-order valence-electron chi connectivity index (χ2n) is 4.60. The van der Waals surface area contributed by atoms with Gasteiger partial charge in [0.15, 0.2) is 12.7 Å². The predicted octanol–water partition coefficient (Wildman–Crippen LogP) is 3.63. The number of rotatable bonds is 4. The molecule has 0 N–H and O–H groups in total. The van der Waals surface area contributed by atoms with E-state index in [-0.39, 0.29) is 18.2 Å². The lowest BCUT2D eigenvalue weighted by molar-refractivity contribution is 0.0822. The van der Waals surface area contributed by atoms with Gasteiger partial charge in [0, 0.05) is 6.07 Å². The van der Waals surface area contributed by atoms with Gasteiger partial charge in [-0.15, -0.1) is 11.3 Å². The number of benzene rings is 1. The van der Waals surface area contributed by atoms with Crippen LogP contribution in [0.4, 0.5) is 0 Å². The molecule has 108 valence electrons. The highest BCUT2D eigenvalue weighted by atomic mass is 35.5. The summed E-state index contributed by atoms with van der Waals surface area (Å²) in [5.74, 6) is 0.807. The second kappa shape index (κ2) is 5.50. The largest absolute Gasteiger partial charge is 0.485 e. The third-order valence-electron chi connectivity index (χ3n) is 3.11. The average Bonchev–Trinajstić information content (AvgIpc) is 3.05. The Hall–Kier alpha value is -1.85. The number of hydrogen-bond acceptors (Lipinski definition) is 5. The van der Waals surface area contributed by atoms with Gasteiger partial charge >= 0.3 is 0 Å². The van der Waals surface area contributed by atoms with Crippen molar-refractivity contribution in [3.8, 4) is 11.5 Å². The minimum atomic E-state index is -0.644. The zero-order valence-electron chi connectivity index (χ0n) is 11.1. The molecule has 2 aromatic rings. The molecule has 0 amide bonds. The highest BCUT2D eigenvalue weighted by Crippen LogP contribution is 2.30. The van der Waals surface area contributed by atoms with Crippen molar-refractivity contribution in [3.63, 3.8) is 0 Å². The van der Waals surface area contributed by atoms with E-state index in [2.05, 4.69) is 0 Å². The summed E-state index contributed by atoms with van der Waals surface area (Å²) in [4.78, 5) is 24.2. The number of fused-ring (bicyclic) bond motifs is 1. The summed E-state index contributed by atoms with van der Waals surface area (Å²) in [6, 6.07) is 8.31. The Morgan fingerprint density at radius 3 is 2.90 bits per heavy atom. The van der Waals surface area contributed by atoms with Gasteiger partial charge in [-0.2, -0.15) is 0 Å². The molecule has 6 heteroatoms. The molecule has 1 aromatic heterocycles. The van der Waals surface area contributed by atoms with Crippen LogP contribution >= 0.6 is 22.9 Å². The Balaban J connectivity index is 1.74. The maximum absolute atomic E-state index is 12.2. The van der Waals surface area contributed by atoms with E-state index in [4.69, 9.17) is 21.1 Å². The van der Waals surface area contributed by atoms with Gasteiger partial charge in [-0.25, -0.2) is 0 Å².